The van der Waals surface area contributed by atoms with Crippen molar-refractivity contribution in [3.05, 3.63) is 94.6 Å². The van der Waals surface area contributed by atoms with Crippen LogP contribution in [0.25, 0.3) is 4.91 Å². The quantitative estimate of drug-likeness (QED) is 0.600. The van der Waals surface area contributed by atoms with Crippen molar-refractivity contribution in [1.82, 2.24) is 4.72 Å². The van der Waals surface area contributed by atoms with Crippen molar-refractivity contribution in [2.45, 2.75) is 31.6 Å². The number of phenols is 1. The molecule has 0 bridgehead atoms. The lowest BCUT2D eigenvalue weighted by atomic mass is 9.91. The first-order valence-corrected chi connectivity index (χ1v) is 12.5. The van der Waals surface area contributed by atoms with Crippen molar-refractivity contribution in [3.63, 3.8) is 0 Å². The van der Waals surface area contributed by atoms with Crippen LogP contribution in [-0.2, 0) is 28.6 Å². The number of amides is 1. The molecule has 0 aromatic heterocycles. The van der Waals surface area contributed by atoms with E-state index in [0.717, 1.165) is 37.8 Å². The highest BCUT2D eigenvalue weighted by Gasteiger charge is 2.30. The van der Waals surface area contributed by atoms with Gasteiger partial charge >= 0.3 is 0 Å². The van der Waals surface area contributed by atoms with Gasteiger partial charge in [0, 0.05) is 35.5 Å². The third-order valence-electron chi connectivity index (χ3n) is 6.99. The first-order chi connectivity index (χ1) is 16.1. The average Bonchev–Trinajstić information content (AvgIpc) is 3.41. The third kappa shape index (κ3) is 3.37. The molecule has 0 saturated heterocycles. The molecule has 2 aliphatic heterocycles. The van der Waals surface area contributed by atoms with Crippen LogP contribution in [0.1, 0.15) is 46.6 Å². The molecule has 0 fully saturated rings. The summed E-state index contributed by atoms with van der Waals surface area (Å²) in [7, 11) is -1.62. The van der Waals surface area contributed by atoms with E-state index >= 15 is 0 Å². The maximum atomic E-state index is 12.1. The van der Waals surface area contributed by atoms with E-state index < -0.39 is 16.9 Å². The van der Waals surface area contributed by atoms with Crippen molar-refractivity contribution in [2.75, 3.05) is 11.4 Å². The smallest absolute Gasteiger partial charge is 0.257 e. The van der Waals surface area contributed by atoms with Crippen LogP contribution in [0.5, 0.6) is 5.75 Å². The number of benzene rings is 3. The van der Waals surface area contributed by atoms with Crippen LogP contribution in [-0.4, -0.2) is 21.8 Å². The number of para-hydroxylation sites is 1. The Morgan fingerprint density at radius 1 is 1.00 bits per heavy atom. The molecule has 3 aromatic carbocycles. The van der Waals surface area contributed by atoms with Gasteiger partial charge in [0.15, 0.2) is 11.0 Å². The van der Waals surface area contributed by atoms with Gasteiger partial charge in [0.2, 0.25) is 0 Å². The SMILES string of the molecule is O=C1C=C(c2ccc([C@H]3CCc4c3cccc4N3CCCc4ccccc43)cc2O)S(=O)N1. The number of fused-ring (bicyclic) bond motifs is 2. The van der Waals surface area contributed by atoms with Gasteiger partial charge in [-0.05, 0) is 72.2 Å². The summed E-state index contributed by atoms with van der Waals surface area (Å²) in [5.74, 6) is -0.149. The van der Waals surface area contributed by atoms with E-state index in [1.165, 1.54) is 34.1 Å². The van der Waals surface area contributed by atoms with E-state index in [1.54, 1.807) is 12.1 Å². The minimum Gasteiger partial charge on any atom is -0.507 e. The lowest BCUT2D eigenvalue weighted by Crippen LogP contribution is -2.25. The maximum absolute atomic E-state index is 12.1. The predicted molar refractivity (Wildman–Crippen MR) is 131 cm³/mol. The van der Waals surface area contributed by atoms with Crippen LogP contribution in [0, 0.1) is 0 Å². The molecule has 0 saturated carbocycles. The van der Waals surface area contributed by atoms with Gasteiger partial charge in [-0.1, -0.05) is 36.4 Å². The predicted octanol–water partition coefficient (Wildman–Crippen LogP) is 4.69. The molecule has 3 aromatic rings. The second-order valence-electron chi connectivity index (χ2n) is 8.84. The number of nitrogens with one attached hydrogen (secondary N) is 1. The van der Waals surface area contributed by atoms with Gasteiger partial charge in [0.25, 0.3) is 5.91 Å². The second kappa shape index (κ2) is 7.89. The van der Waals surface area contributed by atoms with Crippen LogP contribution in [0.2, 0.25) is 0 Å². The molecule has 3 aliphatic rings. The van der Waals surface area contributed by atoms with E-state index in [2.05, 4.69) is 52.1 Å². The minimum absolute atomic E-state index is 0.0539. The molecule has 0 spiro atoms. The van der Waals surface area contributed by atoms with E-state index in [4.69, 9.17) is 0 Å². The highest BCUT2D eigenvalue weighted by atomic mass is 32.2. The monoisotopic (exact) mass is 456 g/mol. The number of aryl methyl sites for hydroxylation is 1. The van der Waals surface area contributed by atoms with Gasteiger partial charge < -0.3 is 10.0 Å². The van der Waals surface area contributed by atoms with Crippen molar-refractivity contribution in [3.8, 4) is 5.75 Å². The number of carbonyl (C=O) groups excluding carboxylic acids is 1. The molecule has 1 amide bonds. The molecule has 6 rings (SSSR count). The molecule has 6 heteroatoms. The molecule has 0 radical (unpaired) electrons. The molecular formula is C27H24N2O3S. The normalized spacial score (nSPS) is 21.4. The van der Waals surface area contributed by atoms with Crippen molar-refractivity contribution in [1.29, 1.82) is 0 Å². The number of hydrogen-bond donors (Lipinski definition) is 2. The number of aromatic hydroxyl groups is 1. The van der Waals surface area contributed by atoms with Crippen LogP contribution < -0.4 is 9.62 Å². The fourth-order valence-corrected chi connectivity index (χ4v) is 6.46. The van der Waals surface area contributed by atoms with Crippen LogP contribution >= 0.6 is 0 Å². The largest absolute Gasteiger partial charge is 0.507 e. The first-order valence-electron chi connectivity index (χ1n) is 11.3. The van der Waals surface area contributed by atoms with E-state index in [1.807, 2.05) is 6.07 Å². The zero-order valence-electron chi connectivity index (χ0n) is 18.1. The average molecular weight is 457 g/mol. The standard InChI is InChI=1S/C27H24N2O3S/c30-25-15-18(10-11-22(25)26-16-27(31)28-33(26)32)19-12-13-21-20(19)7-3-9-24(21)29-14-4-6-17-5-1-2-8-23(17)29/h1-3,5,7-11,15-16,19,30H,4,6,12-14H2,(H,28,31)/t19-,33?/m1/s1. The lowest BCUT2D eigenvalue weighted by molar-refractivity contribution is -0.114. The second-order valence-corrected chi connectivity index (χ2v) is 10.0. The Labute approximate surface area is 195 Å². The Morgan fingerprint density at radius 3 is 2.67 bits per heavy atom. The Hall–Kier alpha value is -3.38. The van der Waals surface area contributed by atoms with Crippen molar-refractivity contribution in [2.24, 2.45) is 0 Å². The Bertz CT molecular complexity index is 1350. The summed E-state index contributed by atoms with van der Waals surface area (Å²) < 4.78 is 14.5. The highest BCUT2D eigenvalue weighted by Crippen LogP contribution is 2.46. The number of phenolic OH excluding ortho intramolecular Hbond substituents is 1. The Morgan fingerprint density at radius 2 is 1.85 bits per heavy atom. The Balaban J connectivity index is 1.36. The molecule has 166 valence electrons. The summed E-state index contributed by atoms with van der Waals surface area (Å²) in [6, 6.07) is 20.8. The summed E-state index contributed by atoms with van der Waals surface area (Å²) in [5.41, 5.74) is 8.17. The third-order valence-corrected chi connectivity index (χ3v) is 8.12. The molecular weight excluding hydrogens is 432 g/mol. The van der Waals surface area contributed by atoms with Crippen LogP contribution in [0.3, 0.4) is 0 Å². The molecule has 2 atom stereocenters. The summed E-state index contributed by atoms with van der Waals surface area (Å²) in [6.45, 7) is 1.02. The van der Waals surface area contributed by atoms with Crippen molar-refractivity contribution < 1.29 is 14.1 Å². The minimum atomic E-state index is -1.62. The van der Waals surface area contributed by atoms with E-state index in [-0.39, 0.29) is 11.7 Å². The van der Waals surface area contributed by atoms with Gasteiger partial charge in [-0.15, -0.1) is 0 Å². The number of nitrogens with zero attached hydrogens (tertiary/aromatic N) is 1. The van der Waals surface area contributed by atoms with E-state index in [0.29, 0.717) is 10.5 Å². The molecule has 1 aliphatic carbocycles. The zero-order chi connectivity index (χ0) is 22.5. The molecule has 2 N–H and O–H groups in total. The van der Waals surface area contributed by atoms with Gasteiger partial charge in [-0.2, -0.15) is 0 Å². The number of carbonyl (C=O) groups is 1. The van der Waals surface area contributed by atoms with Gasteiger partial charge in [-0.3, -0.25) is 9.52 Å². The topological polar surface area (TPSA) is 69.6 Å². The van der Waals surface area contributed by atoms with Crippen molar-refractivity contribution >= 4 is 33.2 Å². The summed E-state index contributed by atoms with van der Waals surface area (Å²) >= 11 is 0. The lowest BCUT2D eigenvalue weighted by Gasteiger charge is -2.33. The van der Waals surface area contributed by atoms with Crippen LogP contribution in [0.4, 0.5) is 11.4 Å². The van der Waals surface area contributed by atoms with Gasteiger partial charge in [-0.25, -0.2) is 4.21 Å². The molecule has 5 nitrogen and oxygen atoms in total. The first kappa shape index (κ1) is 20.2. The molecule has 33 heavy (non-hydrogen) atoms. The molecule has 2 heterocycles. The van der Waals surface area contributed by atoms with Gasteiger partial charge in [0.05, 0.1) is 4.91 Å². The molecule has 1 unspecified atom stereocenters. The maximum Gasteiger partial charge on any atom is 0.257 e. The number of anilines is 2. The summed E-state index contributed by atoms with van der Waals surface area (Å²) in [4.78, 5) is 14.3. The highest BCUT2D eigenvalue weighted by molar-refractivity contribution is 7.94. The Kier molecular flexibility index (Phi) is 4.84. The zero-order valence-corrected chi connectivity index (χ0v) is 18.9. The summed E-state index contributed by atoms with van der Waals surface area (Å²) in [6.07, 6.45) is 5.53. The fourth-order valence-electron chi connectivity index (χ4n) is 5.52. The number of hydrogen-bond acceptors (Lipinski definition) is 4. The van der Waals surface area contributed by atoms with Crippen LogP contribution in [0.15, 0.2) is 66.7 Å². The van der Waals surface area contributed by atoms with Gasteiger partial charge in [0.1, 0.15) is 5.75 Å². The van der Waals surface area contributed by atoms with E-state index in [9.17, 15) is 14.1 Å². The number of rotatable bonds is 3. The fraction of sp³-hybridized carbons (Fsp3) is 0.222. The summed E-state index contributed by atoms with van der Waals surface area (Å²) in [5, 5.41) is 10.7.